The highest BCUT2D eigenvalue weighted by Gasteiger charge is 2.22. The van der Waals surface area contributed by atoms with E-state index < -0.39 is 5.97 Å². The van der Waals surface area contributed by atoms with E-state index in [1.54, 1.807) is 6.20 Å². The molecule has 0 atom stereocenters. The summed E-state index contributed by atoms with van der Waals surface area (Å²) >= 11 is 0. The van der Waals surface area contributed by atoms with Gasteiger partial charge >= 0.3 is 5.97 Å². The molecule has 2 aromatic heterocycles. The molecule has 1 aliphatic rings. The van der Waals surface area contributed by atoms with Gasteiger partial charge in [0.2, 0.25) is 5.91 Å². The number of carboxylic acid groups (broad SMARTS) is 1. The predicted molar refractivity (Wildman–Crippen MR) is 93.6 cm³/mol. The first-order chi connectivity index (χ1) is 12.4. The Morgan fingerprint density at radius 3 is 2.54 bits per heavy atom. The Bertz CT molecular complexity index is 788. The Kier molecular flexibility index (Phi) is 5.36. The van der Waals surface area contributed by atoms with E-state index in [4.69, 9.17) is 5.11 Å². The Labute approximate surface area is 151 Å². The summed E-state index contributed by atoms with van der Waals surface area (Å²) in [7, 11) is 1.94. The molecule has 0 radical (unpaired) electrons. The van der Waals surface area contributed by atoms with Crippen molar-refractivity contribution in [1.82, 2.24) is 29.4 Å². The Morgan fingerprint density at radius 2 is 1.96 bits per heavy atom. The number of rotatable bonds is 6. The molecule has 1 saturated heterocycles. The number of nitrogens with zero attached hydrogens (tertiary/aromatic N) is 6. The summed E-state index contributed by atoms with van der Waals surface area (Å²) in [5.74, 6) is -0.982. The third-order valence-corrected chi connectivity index (χ3v) is 4.87. The van der Waals surface area contributed by atoms with Crippen molar-refractivity contribution in [3.63, 3.8) is 0 Å². The minimum atomic E-state index is -1.06. The number of carbonyl (C=O) groups excluding carboxylic acids is 1. The lowest BCUT2D eigenvalue weighted by Crippen LogP contribution is -2.48. The van der Waals surface area contributed by atoms with Crippen LogP contribution in [-0.4, -0.2) is 72.5 Å². The van der Waals surface area contributed by atoms with Gasteiger partial charge in [-0.15, -0.1) is 0 Å². The minimum Gasteiger partial charge on any atom is -0.476 e. The van der Waals surface area contributed by atoms with Crippen LogP contribution >= 0.6 is 0 Å². The number of carbonyl (C=O) groups is 2. The molecule has 0 aromatic carbocycles. The van der Waals surface area contributed by atoms with Crippen molar-refractivity contribution >= 4 is 11.9 Å². The van der Waals surface area contributed by atoms with Gasteiger partial charge in [0.1, 0.15) is 0 Å². The SMILES string of the molecule is Cc1c(CN2CCN(C(=O)CCn3ccc(C(=O)O)n3)CC2)cnn1C. The van der Waals surface area contributed by atoms with Crippen LogP contribution in [0.1, 0.15) is 28.2 Å². The molecule has 0 unspecified atom stereocenters. The number of aryl methyl sites for hydroxylation is 2. The standard InChI is InChI=1S/C17H24N6O3/c1-13-14(11-18-20(13)2)12-21-7-9-22(10-8-21)16(24)4-6-23-5-3-15(19-23)17(25)26/h3,5,11H,4,6-10,12H2,1-2H3,(H,25,26). The molecule has 0 saturated carbocycles. The highest BCUT2D eigenvalue weighted by molar-refractivity contribution is 5.85. The van der Waals surface area contributed by atoms with E-state index >= 15 is 0 Å². The summed E-state index contributed by atoms with van der Waals surface area (Å²) in [6.07, 6.45) is 3.82. The maximum absolute atomic E-state index is 12.4. The lowest BCUT2D eigenvalue weighted by Gasteiger charge is -2.34. The van der Waals surface area contributed by atoms with Crippen molar-refractivity contribution in [1.29, 1.82) is 0 Å². The molecule has 0 aliphatic carbocycles. The van der Waals surface area contributed by atoms with Crippen LogP contribution in [0.3, 0.4) is 0 Å². The third-order valence-electron chi connectivity index (χ3n) is 4.87. The molecular formula is C17H24N6O3. The van der Waals surface area contributed by atoms with Gasteiger partial charge in [-0.1, -0.05) is 0 Å². The van der Waals surface area contributed by atoms with Gasteiger partial charge in [0, 0.05) is 70.2 Å². The summed E-state index contributed by atoms with van der Waals surface area (Å²) in [6.45, 7) is 6.40. The predicted octanol–water partition coefficient (Wildman–Crippen LogP) is 0.358. The maximum atomic E-state index is 12.4. The zero-order chi connectivity index (χ0) is 18.7. The summed E-state index contributed by atoms with van der Waals surface area (Å²) in [5.41, 5.74) is 2.39. The van der Waals surface area contributed by atoms with E-state index in [1.165, 1.54) is 22.0 Å². The molecule has 3 rings (SSSR count). The Hall–Kier alpha value is -2.68. The van der Waals surface area contributed by atoms with Gasteiger partial charge in [-0.3, -0.25) is 19.1 Å². The van der Waals surface area contributed by atoms with E-state index in [9.17, 15) is 9.59 Å². The molecular weight excluding hydrogens is 336 g/mol. The van der Waals surface area contributed by atoms with Crippen molar-refractivity contribution < 1.29 is 14.7 Å². The second-order valence-electron chi connectivity index (χ2n) is 6.55. The van der Waals surface area contributed by atoms with Crippen molar-refractivity contribution in [3.05, 3.63) is 35.4 Å². The molecule has 1 N–H and O–H groups in total. The van der Waals surface area contributed by atoms with Crippen molar-refractivity contribution in [2.75, 3.05) is 26.2 Å². The number of amides is 1. The van der Waals surface area contributed by atoms with Gasteiger partial charge in [0.15, 0.2) is 5.69 Å². The van der Waals surface area contributed by atoms with Crippen LogP contribution in [0.2, 0.25) is 0 Å². The van der Waals surface area contributed by atoms with E-state index in [0.29, 0.717) is 26.1 Å². The first-order valence-corrected chi connectivity index (χ1v) is 8.68. The Balaban J connectivity index is 1.44. The molecule has 0 bridgehead atoms. The quantitative estimate of drug-likeness (QED) is 0.799. The van der Waals surface area contributed by atoms with E-state index in [0.717, 1.165) is 19.6 Å². The number of hydrogen-bond donors (Lipinski definition) is 1. The van der Waals surface area contributed by atoms with Crippen LogP contribution in [0.5, 0.6) is 0 Å². The van der Waals surface area contributed by atoms with Gasteiger partial charge in [0.25, 0.3) is 0 Å². The average molecular weight is 360 g/mol. The van der Waals surface area contributed by atoms with E-state index in [-0.39, 0.29) is 11.6 Å². The lowest BCUT2D eigenvalue weighted by atomic mass is 10.2. The van der Waals surface area contributed by atoms with Gasteiger partial charge in [-0.05, 0) is 13.0 Å². The molecule has 1 aliphatic heterocycles. The van der Waals surface area contributed by atoms with Crippen LogP contribution in [0.15, 0.2) is 18.5 Å². The summed E-state index contributed by atoms with van der Waals surface area (Å²) in [6, 6.07) is 1.44. The molecule has 0 spiro atoms. The normalized spacial score (nSPS) is 15.4. The zero-order valence-corrected chi connectivity index (χ0v) is 15.1. The van der Waals surface area contributed by atoms with Crippen LogP contribution in [0.25, 0.3) is 0 Å². The second kappa shape index (κ2) is 7.69. The van der Waals surface area contributed by atoms with Gasteiger partial charge in [-0.2, -0.15) is 10.2 Å². The molecule has 1 fully saturated rings. The number of carboxylic acids is 1. The first-order valence-electron chi connectivity index (χ1n) is 8.68. The van der Waals surface area contributed by atoms with Crippen LogP contribution in [0, 0.1) is 6.92 Å². The van der Waals surface area contributed by atoms with Gasteiger partial charge < -0.3 is 10.0 Å². The van der Waals surface area contributed by atoms with Crippen LogP contribution in [-0.2, 0) is 24.9 Å². The smallest absolute Gasteiger partial charge is 0.356 e. The average Bonchev–Trinajstić information content (AvgIpc) is 3.23. The summed E-state index contributed by atoms with van der Waals surface area (Å²) in [4.78, 5) is 27.4. The molecule has 140 valence electrons. The fourth-order valence-electron chi connectivity index (χ4n) is 3.06. The number of aromatic carboxylic acids is 1. The molecule has 26 heavy (non-hydrogen) atoms. The number of aromatic nitrogens is 4. The largest absolute Gasteiger partial charge is 0.476 e. The first kappa shape index (κ1) is 18.1. The Morgan fingerprint density at radius 1 is 1.23 bits per heavy atom. The maximum Gasteiger partial charge on any atom is 0.356 e. The molecule has 2 aromatic rings. The monoisotopic (exact) mass is 360 g/mol. The topological polar surface area (TPSA) is 96.5 Å². The van der Waals surface area contributed by atoms with Crippen molar-refractivity contribution in [2.45, 2.75) is 26.4 Å². The molecule has 3 heterocycles. The highest BCUT2D eigenvalue weighted by Crippen LogP contribution is 2.12. The zero-order valence-electron chi connectivity index (χ0n) is 15.1. The molecule has 9 nitrogen and oxygen atoms in total. The molecule has 1 amide bonds. The lowest BCUT2D eigenvalue weighted by molar-refractivity contribution is -0.133. The highest BCUT2D eigenvalue weighted by atomic mass is 16.4. The second-order valence-corrected chi connectivity index (χ2v) is 6.55. The molecule has 9 heteroatoms. The number of piperazine rings is 1. The van der Waals surface area contributed by atoms with Crippen molar-refractivity contribution in [2.24, 2.45) is 7.05 Å². The number of hydrogen-bond acceptors (Lipinski definition) is 5. The summed E-state index contributed by atoms with van der Waals surface area (Å²) < 4.78 is 3.38. The third kappa shape index (κ3) is 4.10. The van der Waals surface area contributed by atoms with Gasteiger partial charge in [-0.25, -0.2) is 4.79 Å². The van der Waals surface area contributed by atoms with Gasteiger partial charge in [0.05, 0.1) is 6.20 Å². The van der Waals surface area contributed by atoms with Crippen LogP contribution in [0.4, 0.5) is 0 Å². The minimum absolute atomic E-state index is 0.00300. The van der Waals surface area contributed by atoms with Crippen LogP contribution < -0.4 is 0 Å². The fraction of sp³-hybridized carbons (Fsp3) is 0.529. The van der Waals surface area contributed by atoms with E-state index in [1.807, 2.05) is 22.8 Å². The van der Waals surface area contributed by atoms with Crippen molar-refractivity contribution in [3.8, 4) is 0 Å². The van der Waals surface area contributed by atoms with E-state index in [2.05, 4.69) is 22.0 Å². The fourth-order valence-corrected chi connectivity index (χ4v) is 3.06. The summed E-state index contributed by atoms with van der Waals surface area (Å²) in [5, 5.41) is 17.1.